The Morgan fingerprint density at radius 1 is 1.07 bits per heavy atom. The maximum atomic E-state index is 9.21. The average Bonchev–Trinajstić information content (AvgIpc) is 2.75. The number of benzene rings is 1. The van der Waals surface area contributed by atoms with Gasteiger partial charge in [0.25, 0.3) is 0 Å². The van der Waals surface area contributed by atoms with Gasteiger partial charge in [-0.25, -0.2) is 4.98 Å². The summed E-state index contributed by atoms with van der Waals surface area (Å²) in [5.74, 6) is 0.395. The number of aromatic nitrogens is 3. The zero-order chi connectivity index (χ0) is 18.5. The third-order valence-electron chi connectivity index (χ3n) is 5.12. The molecule has 138 valence electrons. The minimum atomic E-state index is 0.0557. The van der Waals surface area contributed by atoms with Crippen LogP contribution in [0, 0.1) is 0 Å². The van der Waals surface area contributed by atoms with Gasteiger partial charge < -0.3 is 5.11 Å². The molecule has 0 amide bonds. The molecular weight excluding hydrogens is 336 g/mol. The zero-order valence-electron chi connectivity index (χ0n) is 15.3. The number of nitrogens with zero attached hydrogens (tertiary/aromatic N) is 4. The molecular formula is C22H24N4O. The maximum Gasteiger partial charge on any atom is 0.0888 e. The Labute approximate surface area is 159 Å². The number of aliphatic hydroxyl groups excluding tert-OH is 1. The van der Waals surface area contributed by atoms with E-state index >= 15 is 0 Å². The van der Waals surface area contributed by atoms with Crippen LogP contribution in [-0.2, 0) is 13.2 Å². The van der Waals surface area contributed by atoms with E-state index in [1.807, 2.05) is 55.0 Å². The summed E-state index contributed by atoms with van der Waals surface area (Å²) < 4.78 is 0. The molecule has 1 aromatic carbocycles. The van der Waals surface area contributed by atoms with E-state index in [0.717, 1.165) is 60.7 Å². The van der Waals surface area contributed by atoms with Crippen LogP contribution in [0.5, 0.6) is 0 Å². The largest absolute Gasteiger partial charge is 0.392 e. The van der Waals surface area contributed by atoms with E-state index in [0.29, 0.717) is 5.92 Å². The number of rotatable bonds is 5. The van der Waals surface area contributed by atoms with Crippen LogP contribution in [0.2, 0.25) is 0 Å². The van der Waals surface area contributed by atoms with E-state index in [1.165, 1.54) is 0 Å². The molecule has 1 aliphatic heterocycles. The van der Waals surface area contributed by atoms with Crippen molar-refractivity contribution in [2.75, 3.05) is 13.1 Å². The molecule has 1 fully saturated rings. The van der Waals surface area contributed by atoms with Crippen molar-refractivity contribution < 1.29 is 5.11 Å². The molecule has 27 heavy (non-hydrogen) atoms. The lowest BCUT2D eigenvalue weighted by Gasteiger charge is -2.32. The molecule has 5 heteroatoms. The SMILES string of the molecule is OCc1ccc(-c2cncc(C3CCCN(Cc4ccccn4)C3)n2)cc1. The number of pyridine rings is 1. The lowest BCUT2D eigenvalue weighted by molar-refractivity contribution is 0.196. The van der Waals surface area contributed by atoms with E-state index in [4.69, 9.17) is 4.98 Å². The molecule has 5 nitrogen and oxygen atoms in total. The highest BCUT2D eigenvalue weighted by atomic mass is 16.3. The number of piperidine rings is 1. The molecule has 0 aliphatic carbocycles. The van der Waals surface area contributed by atoms with Crippen LogP contribution in [0.1, 0.15) is 35.7 Å². The first-order chi connectivity index (χ1) is 13.3. The summed E-state index contributed by atoms with van der Waals surface area (Å²) in [6.45, 7) is 3.02. The molecule has 2 aromatic heterocycles. The van der Waals surface area contributed by atoms with Crippen LogP contribution in [0.4, 0.5) is 0 Å². The van der Waals surface area contributed by atoms with Gasteiger partial charge >= 0.3 is 0 Å². The maximum absolute atomic E-state index is 9.21. The summed E-state index contributed by atoms with van der Waals surface area (Å²) in [6, 6.07) is 13.9. The Hall–Kier alpha value is -2.63. The Balaban J connectivity index is 1.49. The van der Waals surface area contributed by atoms with Gasteiger partial charge in [0.2, 0.25) is 0 Å². The first kappa shape index (κ1) is 17.8. The number of hydrogen-bond acceptors (Lipinski definition) is 5. The normalized spacial score (nSPS) is 17.7. The van der Waals surface area contributed by atoms with Crippen LogP contribution < -0.4 is 0 Å². The molecule has 4 rings (SSSR count). The number of likely N-dealkylation sites (tertiary alicyclic amines) is 1. The van der Waals surface area contributed by atoms with Gasteiger partial charge in [-0.05, 0) is 37.1 Å². The van der Waals surface area contributed by atoms with Crippen molar-refractivity contribution in [3.63, 3.8) is 0 Å². The van der Waals surface area contributed by atoms with Crippen LogP contribution in [-0.4, -0.2) is 38.0 Å². The van der Waals surface area contributed by atoms with Gasteiger partial charge in [-0.1, -0.05) is 30.3 Å². The van der Waals surface area contributed by atoms with Gasteiger partial charge in [-0.3, -0.25) is 14.9 Å². The predicted octanol–water partition coefficient (Wildman–Crippen LogP) is 3.41. The van der Waals surface area contributed by atoms with Gasteiger partial charge in [0.05, 0.1) is 29.9 Å². The minimum absolute atomic E-state index is 0.0557. The minimum Gasteiger partial charge on any atom is -0.392 e. The van der Waals surface area contributed by atoms with E-state index < -0.39 is 0 Å². The van der Waals surface area contributed by atoms with Crippen molar-refractivity contribution in [2.24, 2.45) is 0 Å². The molecule has 1 atom stereocenters. The van der Waals surface area contributed by atoms with Gasteiger partial charge in [0, 0.05) is 37.0 Å². The first-order valence-corrected chi connectivity index (χ1v) is 9.46. The topological polar surface area (TPSA) is 62.1 Å². The van der Waals surface area contributed by atoms with Crippen LogP contribution in [0.25, 0.3) is 11.3 Å². The molecule has 0 bridgehead atoms. The van der Waals surface area contributed by atoms with Crippen LogP contribution in [0.3, 0.4) is 0 Å². The van der Waals surface area contributed by atoms with Crippen molar-refractivity contribution in [1.29, 1.82) is 0 Å². The van der Waals surface area contributed by atoms with Crippen molar-refractivity contribution in [2.45, 2.75) is 31.9 Å². The first-order valence-electron chi connectivity index (χ1n) is 9.46. The highest BCUT2D eigenvalue weighted by molar-refractivity contribution is 5.58. The number of hydrogen-bond donors (Lipinski definition) is 1. The molecule has 3 heterocycles. The van der Waals surface area contributed by atoms with E-state index in [1.54, 1.807) is 0 Å². The Morgan fingerprint density at radius 3 is 2.74 bits per heavy atom. The summed E-state index contributed by atoms with van der Waals surface area (Å²) in [7, 11) is 0. The second-order valence-electron chi connectivity index (χ2n) is 7.08. The highest BCUT2D eigenvalue weighted by Gasteiger charge is 2.23. The number of aliphatic hydroxyl groups is 1. The quantitative estimate of drug-likeness (QED) is 0.755. The fourth-order valence-electron chi connectivity index (χ4n) is 3.66. The molecule has 1 unspecified atom stereocenters. The lowest BCUT2D eigenvalue weighted by Crippen LogP contribution is -2.34. The fraction of sp³-hybridized carbons (Fsp3) is 0.318. The molecule has 1 aliphatic rings. The zero-order valence-corrected chi connectivity index (χ0v) is 15.3. The van der Waals surface area contributed by atoms with Crippen LogP contribution >= 0.6 is 0 Å². The van der Waals surface area contributed by atoms with Gasteiger partial charge in [0.1, 0.15) is 0 Å². The second kappa shape index (κ2) is 8.37. The summed E-state index contributed by atoms with van der Waals surface area (Å²) in [5, 5.41) is 9.21. The second-order valence-corrected chi connectivity index (χ2v) is 7.08. The molecule has 0 spiro atoms. The van der Waals surface area contributed by atoms with Gasteiger partial charge in [0.15, 0.2) is 0 Å². The lowest BCUT2D eigenvalue weighted by atomic mass is 9.94. The molecule has 1 N–H and O–H groups in total. The van der Waals surface area contributed by atoms with Crippen LogP contribution in [0.15, 0.2) is 61.1 Å². The fourth-order valence-corrected chi connectivity index (χ4v) is 3.66. The van der Waals surface area contributed by atoms with Crippen molar-refractivity contribution in [3.8, 4) is 11.3 Å². The van der Waals surface area contributed by atoms with Crippen molar-refractivity contribution in [1.82, 2.24) is 19.9 Å². The van der Waals surface area contributed by atoms with Gasteiger partial charge in [-0.2, -0.15) is 0 Å². The summed E-state index contributed by atoms with van der Waals surface area (Å²) in [5.41, 5.74) is 4.99. The summed E-state index contributed by atoms with van der Waals surface area (Å²) in [4.78, 5) is 16.3. The summed E-state index contributed by atoms with van der Waals surface area (Å²) >= 11 is 0. The smallest absolute Gasteiger partial charge is 0.0888 e. The average molecular weight is 360 g/mol. The third-order valence-corrected chi connectivity index (χ3v) is 5.12. The highest BCUT2D eigenvalue weighted by Crippen LogP contribution is 2.27. The molecule has 0 saturated carbocycles. The van der Waals surface area contributed by atoms with Gasteiger partial charge in [-0.15, -0.1) is 0 Å². The Morgan fingerprint density at radius 2 is 1.96 bits per heavy atom. The monoisotopic (exact) mass is 360 g/mol. The molecule has 3 aromatic rings. The Kier molecular flexibility index (Phi) is 5.51. The van der Waals surface area contributed by atoms with E-state index in [9.17, 15) is 5.11 Å². The summed E-state index contributed by atoms with van der Waals surface area (Å²) in [6.07, 6.45) is 7.87. The van der Waals surface area contributed by atoms with E-state index in [2.05, 4.69) is 20.9 Å². The van der Waals surface area contributed by atoms with Crippen molar-refractivity contribution in [3.05, 3.63) is 78.0 Å². The molecule has 0 radical (unpaired) electrons. The molecule has 1 saturated heterocycles. The van der Waals surface area contributed by atoms with E-state index in [-0.39, 0.29) is 6.61 Å². The van der Waals surface area contributed by atoms with Crippen molar-refractivity contribution >= 4 is 0 Å². The Bertz CT molecular complexity index is 867. The predicted molar refractivity (Wildman–Crippen MR) is 105 cm³/mol. The standard InChI is InChI=1S/C22H24N4O/c27-16-17-6-8-18(9-7-17)21-12-23-13-22(25-21)19-4-3-11-26(14-19)15-20-5-1-2-10-24-20/h1-2,5-10,12-13,19,27H,3-4,11,14-16H2. The third kappa shape index (κ3) is 4.38.